The quantitative estimate of drug-likeness (QED) is 0.380. The van der Waals surface area contributed by atoms with Crippen molar-refractivity contribution in [2.45, 2.75) is 105 Å². The van der Waals surface area contributed by atoms with Gasteiger partial charge in [0, 0.05) is 6.42 Å². The summed E-state index contributed by atoms with van der Waals surface area (Å²) in [4.78, 5) is 12.1. The molecule has 29 heavy (non-hydrogen) atoms. The number of hydrogen-bond acceptors (Lipinski definition) is 1. The molecule has 3 fully saturated rings. The van der Waals surface area contributed by atoms with Gasteiger partial charge in [0.25, 0.3) is 0 Å². The van der Waals surface area contributed by atoms with E-state index in [1.54, 1.807) is 5.57 Å². The van der Waals surface area contributed by atoms with E-state index in [1.807, 2.05) is 0 Å². The number of hydrogen-bond donors (Lipinski definition) is 0. The van der Waals surface area contributed by atoms with Crippen LogP contribution in [0.2, 0.25) is 0 Å². The molecule has 4 aliphatic rings. The average molecular weight is 399 g/mol. The topological polar surface area (TPSA) is 17.1 Å². The highest BCUT2D eigenvalue weighted by Gasteiger charge is 2.63. The molecule has 8 atom stereocenters. The second kappa shape index (κ2) is 8.51. The summed E-state index contributed by atoms with van der Waals surface area (Å²) in [6.07, 6.45) is 16.7. The molecule has 4 rings (SSSR count). The van der Waals surface area contributed by atoms with Gasteiger partial charge < -0.3 is 0 Å². The Morgan fingerprint density at radius 2 is 1.79 bits per heavy atom. The maximum absolute atomic E-state index is 12.1. The molecule has 0 aromatic carbocycles. The molecule has 0 amide bonds. The van der Waals surface area contributed by atoms with Crippen LogP contribution in [0.25, 0.3) is 0 Å². The Kier molecular flexibility index (Phi) is 6.35. The highest BCUT2D eigenvalue weighted by atomic mass is 16.1. The Labute approximate surface area is 180 Å². The number of allylic oxidation sites excluding steroid dienone is 2. The van der Waals surface area contributed by atoms with Gasteiger partial charge in [-0.15, -0.1) is 0 Å². The maximum atomic E-state index is 12.1. The van der Waals surface area contributed by atoms with Gasteiger partial charge in [-0.1, -0.05) is 78.7 Å². The van der Waals surface area contributed by atoms with Gasteiger partial charge in [0.05, 0.1) is 0 Å². The van der Waals surface area contributed by atoms with Crippen molar-refractivity contribution in [3.8, 4) is 0 Å². The molecular weight excluding hydrogens is 352 g/mol. The van der Waals surface area contributed by atoms with Gasteiger partial charge in [-0.3, -0.25) is 4.79 Å². The fourth-order valence-corrected chi connectivity index (χ4v) is 8.55. The lowest BCUT2D eigenvalue weighted by atomic mass is 9.46. The van der Waals surface area contributed by atoms with Crippen LogP contribution >= 0.6 is 0 Å². The fourth-order valence-electron chi connectivity index (χ4n) is 8.55. The summed E-state index contributed by atoms with van der Waals surface area (Å²) >= 11 is 0. The van der Waals surface area contributed by atoms with E-state index >= 15 is 0 Å². The molecule has 0 saturated heterocycles. The summed E-state index contributed by atoms with van der Waals surface area (Å²) in [5.41, 5.74) is 2.17. The smallest absolute Gasteiger partial charge is 0.155 e. The molecule has 0 aromatic heterocycles. The SMILES string of the molecule is CCCCCC(C)[C@@H](C)C1C2C(CCC1(CC)CC)C1CCC(=O)C=C1C1C[C@H]12. The summed E-state index contributed by atoms with van der Waals surface area (Å²) in [5.74, 6) is 7.26. The molecule has 0 aromatic rings. The van der Waals surface area contributed by atoms with Crippen molar-refractivity contribution >= 4 is 5.78 Å². The van der Waals surface area contributed by atoms with Gasteiger partial charge in [0.15, 0.2) is 5.78 Å². The largest absolute Gasteiger partial charge is 0.295 e. The Balaban J connectivity index is 1.63. The summed E-state index contributed by atoms with van der Waals surface area (Å²) < 4.78 is 0. The molecule has 0 N–H and O–H groups in total. The lowest BCUT2D eigenvalue weighted by molar-refractivity contribution is -0.116. The molecule has 0 aliphatic heterocycles. The Hall–Kier alpha value is -0.590. The van der Waals surface area contributed by atoms with Crippen LogP contribution in [0.15, 0.2) is 11.6 Å². The fraction of sp³-hybridized carbons (Fsp3) is 0.893. The van der Waals surface area contributed by atoms with E-state index in [0.717, 1.165) is 60.2 Å². The van der Waals surface area contributed by atoms with Gasteiger partial charge in [-0.2, -0.15) is 0 Å². The van der Waals surface area contributed by atoms with Crippen LogP contribution in [0.3, 0.4) is 0 Å². The van der Waals surface area contributed by atoms with E-state index in [1.165, 1.54) is 57.8 Å². The minimum atomic E-state index is 0.419. The third-order valence-corrected chi connectivity index (χ3v) is 10.5. The summed E-state index contributed by atoms with van der Waals surface area (Å²) in [7, 11) is 0. The molecule has 0 bridgehead atoms. The van der Waals surface area contributed by atoms with E-state index < -0.39 is 0 Å². The van der Waals surface area contributed by atoms with Crippen LogP contribution in [0.1, 0.15) is 105 Å². The molecular formula is C28H46O. The van der Waals surface area contributed by atoms with Crippen molar-refractivity contribution in [3.05, 3.63) is 11.6 Å². The van der Waals surface area contributed by atoms with Crippen molar-refractivity contribution in [1.82, 2.24) is 0 Å². The zero-order chi connectivity index (χ0) is 20.8. The van der Waals surface area contributed by atoms with E-state index in [9.17, 15) is 4.79 Å². The van der Waals surface area contributed by atoms with Crippen molar-refractivity contribution in [3.63, 3.8) is 0 Å². The van der Waals surface area contributed by atoms with E-state index in [2.05, 4.69) is 40.7 Å². The van der Waals surface area contributed by atoms with Crippen LogP contribution in [0.4, 0.5) is 0 Å². The predicted octanol–water partition coefficient (Wildman–Crippen LogP) is 7.84. The lowest BCUT2D eigenvalue weighted by Crippen LogP contribution is -2.51. The van der Waals surface area contributed by atoms with Crippen molar-refractivity contribution in [1.29, 1.82) is 0 Å². The molecule has 1 heteroatoms. The number of unbranched alkanes of at least 4 members (excludes halogenated alkanes) is 2. The Bertz CT molecular complexity index is 626. The molecule has 3 saturated carbocycles. The summed E-state index contributed by atoms with van der Waals surface area (Å²) in [5, 5.41) is 0. The van der Waals surface area contributed by atoms with E-state index in [-0.39, 0.29) is 0 Å². The number of ketones is 1. The zero-order valence-electron chi connectivity index (χ0n) is 19.9. The minimum absolute atomic E-state index is 0.419. The lowest BCUT2D eigenvalue weighted by Gasteiger charge is -2.58. The molecule has 164 valence electrons. The van der Waals surface area contributed by atoms with Gasteiger partial charge in [-0.05, 0) is 84.5 Å². The minimum Gasteiger partial charge on any atom is -0.295 e. The van der Waals surface area contributed by atoms with Gasteiger partial charge in [0.2, 0.25) is 0 Å². The summed E-state index contributed by atoms with van der Waals surface area (Å²) in [6, 6.07) is 0. The highest BCUT2D eigenvalue weighted by Crippen LogP contribution is 2.70. The van der Waals surface area contributed by atoms with Crippen LogP contribution in [0.5, 0.6) is 0 Å². The number of rotatable bonds is 8. The Morgan fingerprint density at radius 1 is 1.03 bits per heavy atom. The normalized spacial score (nSPS) is 39.6. The number of carbonyl (C=O) groups is 1. The third-order valence-electron chi connectivity index (χ3n) is 10.5. The van der Waals surface area contributed by atoms with Crippen LogP contribution < -0.4 is 0 Å². The second-order valence-corrected chi connectivity index (χ2v) is 11.5. The third kappa shape index (κ3) is 3.67. The van der Waals surface area contributed by atoms with Crippen molar-refractivity contribution < 1.29 is 4.79 Å². The number of carbonyl (C=O) groups excluding carboxylic acids is 1. The molecule has 4 aliphatic carbocycles. The van der Waals surface area contributed by atoms with Crippen molar-refractivity contribution in [2.24, 2.45) is 52.8 Å². The van der Waals surface area contributed by atoms with Gasteiger partial charge >= 0.3 is 0 Å². The van der Waals surface area contributed by atoms with E-state index in [0.29, 0.717) is 11.2 Å². The average Bonchev–Trinajstić information content (AvgIpc) is 3.53. The van der Waals surface area contributed by atoms with Crippen LogP contribution in [-0.2, 0) is 4.79 Å². The van der Waals surface area contributed by atoms with Crippen LogP contribution in [-0.4, -0.2) is 5.78 Å². The molecule has 1 nitrogen and oxygen atoms in total. The molecule has 6 unspecified atom stereocenters. The van der Waals surface area contributed by atoms with Gasteiger partial charge in [-0.25, -0.2) is 0 Å². The molecule has 0 spiro atoms. The first-order valence-electron chi connectivity index (χ1n) is 13.2. The maximum Gasteiger partial charge on any atom is 0.155 e. The molecule has 0 radical (unpaired) electrons. The highest BCUT2D eigenvalue weighted by molar-refractivity contribution is 5.91. The standard InChI is InChI=1S/C28H46O/c1-6-9-10-11-18(4)19(5)27-26-22(14-15-28(27,7-2)8-3)21-13-12-20(29)16-23(21)24-17-25(24)26/h16,18-19,21-22,24-27H,6-15,17H2,1-5H3/t18?,19-,21?,22?,24?,25-,26?,27?/m1/s1. The monoisotopic (exact) mass is 398 g/mol. The zero-order valence-corrected chi connectivity index (χ0v) is 19.9. The van der Waals surface area contributed by atoms with Crippen molar-refractivity contribution in [2.75, 3.05) is 0 Å². The number of fused-ring (bicyclic) bond motifs is 6. The first kappa shape index (κ1) is 21.6. The first-order valence-corrected chi connectivity index (χ1v) is 13.2. The van der Waals surface area contributed by atoms with E-state index in [4.69, 9.17) is 0 Å². The first-order chi connectivity index (χ1) is 14.0. The Morgan fingerprint density at radius 3 is 2.48 bits per heavy atom. The van der Waals surface area contributed by atoms with Crippen LogP contribution in [0, 0.1) is 52.8 Å². The summed E-state index contributed by atoms with van der Waals surface area (Å²) in [6.45, 7) is 12.5. The van der Waals surface area contributed by atoms with Gasteiger partial charge in [0.1, 0.15) is 0 Å². The second-order valence-electron chi connectivity index (χ2n) is 11.5. The predicted molar refractivity (Wildman–Crippen MR) is 123 cm³/mol. The molecule has 0 heterocycles.